The number of aliphatic hydroxyl groups is 13. The van der Waals surface area contributed by atoms with Crippen LogP contribution in [0.15, 0.2) is 45.6 Å². The Balaban J connectivity index is 1.25. The van der Waals surface area contributed by atoms with Gasteiger partial charge in [0.15, 0.2) is 30.5 Å². The third-order valence-corrected chi connectivity index (χ3v) is 11.4. The quantitative estimate of drug-likeness (QED) is 0.0804. The van der Waals surface area contributed by atoms with Gasteiger partial charge in [0.1, 0.15) is 108 Å². The van der Waals surface area contributed by atoms with E-state index in [2.05, 4.69) is 0 Å². The van der Waals surface area contributed by atoms with Crippen molar-refractivity contribution in [1.29, 1.82) is 0 Å². The van der Waals surface area contributed by atoms with Gasteiger partial charge in [-0.2, -0.15) is 0 Å². The molecule has 5 heterocycles. The molecule has 4 saturated heterocycles. The van der Waals surface area contributed by atoms with Gasteiger partial charge in [0.05, 0.1) is 25.9 Å². The monoisotopic (exact) mass is 918 g/mol. The van der Waals surface area contributed by atoms with Gasteiger partial charge >= 0.3 is 0 Å². The highest BCUT2D eigenvalue weighted by atomic mass is 16.8. The van der Waals surface area contributed by atoms with Crippen molar-refractivity contribution in [3.63, 3.8) is 0 Å². The highest BCUT2D eigenvalue weighted by Gasteiger charge is 2.53. The normalized spacial score (nSPS) is 40.6. The highest BCUT2D eigenvalue weighted by Crippen LogP contribution is 2.40. The molecule has 7 rings (SSSR count). The van der Waals surface area contributed by atoms with E-state index in [9.17, 15) is 81.4 Å². The Hall–Kier alpha value is -3.91. The standard InChI is InChI=1S/C39H50O25/c1-11-21(45)28(52)34(63-36-30(54)26(50)22(46)17(8-40)59-36)38(56-11)62-33-25(49)20-15(44)6-14(7-16(20)58-32(33)12-2-4-13(43)5-3-12)57-39-35(29(53)24(48)19(10-42)61-39)64-37-31(55)27(51)23(47)18(9-41)60-37/h2-7,11,17-19,21-24,26-31,34-48,50-55H,8-10H2,1H3. The van der Waals surface area contributed by atoms with E-state index in [-0.39, 0.29) is 17.1 Å². The van der Waals surface area contributed by atoms with E-state index < -0.39 is 176 Å². The van der Waals surface area contributed by atoms with E-state index >= 15 is 0 Å². The molecule has 4 aliphatic heterocycles. The first-order valence-corrected chi connectivity index (χ1v) is 19.9. The van der Waals surface area contributed by atoms with E-state index in [0.29, 0.717) is 0 Å². The summed E-state index contributed by atoms with van der Waals surface area (Å²) in [6.45, 7) is -1.20. The lowest BCUT2D eigenvalue weighted by Gasteiger charge is -2.45. The van der Waals surface area contributed by atoms with E-state index in [1.807, 2.05) is 0 Å². The van der Waals surface area contributed by atoms with Crippen LogP contribution in [0.1, 0.15) is 6.92 Å². The van der Waals surface area contributed by atoms with Crippen LogP contribution < -0.4 is 14.9 Å². The topological polar surface area (TPSA) is 408 Å². The highest BCUT2D eigenvalue weighted by molar-refractivity contribution is 5.88. The average molecular weight is 919 g/mol. The van der Waals surface area contributed by atoms with Gasteiger partial charge in [-0.1, -0.05) is 0 Å². The van der Waals surface area contributed by atoms with Crippen molar-refractivity contribution in [2.75, 3.05) is 19.8 Å². The van der Waals surface area contributed by atoms with E-state index in [1.165, 1.54) is 31.2 Å². The van der Waals surface area contributed by atoms with Crippen LogP contribution in [-0.2, 0) is 28.4 Å². The fraction of sp³-hybridized carbons (Fsp3) is 0.615. The Kier molecular flexibility index (Phi) is 14.6. The number of phenolic OH excluding ortho intramolecular Hbond substituents is 2. The third-order valence-electron chi connectivity index (χ3n) is 11.4. The van der Waals surface area contributed by atoms with Crippen LogP contribution >= 0.6 is 0 Å². The van der Waals surface area contributed by atoms with Gasteiger partial charge in [0.2, 0.25) is 23.8 Å². The predicted molar refractivity (Wildman–Crippen MR) is 204 cm³/mol. The number of benzene rings is 2. The third kappa shape index (κ3) is 9.12. The predicted octanol–water partition coefficient (Wildman–Crippen LogP) is -6.10. The molecule has 2 aromatic carbocycles. The van der Waals surface area contributed by atoms with Crippen molar-refractivity contribution in [2.24, 2.45) is 0 Å². The van der Waals surface area contributed by atoms with Crippen LogP contribution in [0.2, 0.25) is 0 Å². The second kappa shape index (κ2) is 19.5. The van der Waals surface area contributed by atoms with E-state index in [1.54, 1.807) is 0 Å². The van der Waals surface area contributed by atoms with Crippen LogP contribution in [0.5, 0.6) is 23.0 Å². The first-order valence-electron chi connectivity index (χ1n) is 19.9. The summed E-state index contributed by atoms with van der Waals surface area (Å²) in [5, 5.41) is 156. The number of aliphatic hydroxyl groups excluding tert-OH is 13. The molecule has 20 atom stereocenters. The Labute approximate surface area is 360 Å². The molecule has 25 heteroatoms. The molecule has 0 saturated carbocycles. The molecule has 20 unspecified atom stereocenters. The minimum Gasteiger partial charge on any atom is -0.508 e. The van der Waals surface area contributed by atoms with Gasteiger partial charge in [-0.3, -0.25) is 4.79 Å². The molecule has 3 aromatic rings. The number of fused-ring (bicyclic) bond motifs is 1. The van der Waals surface area contributed by atoms with Crippen molar-refractivity contribution in [3.8, 4) is 34.3 Å². The number of rotatable bonds is 12. The number of hydrogen-bond donors (Lipinski definition) is 15. The number of hydrogen-bond acceptors (Lipinski definition) is 25. The van der Waals surface area contributed by atoms with Crippen molar-refractivity contribution < 1.29 is 119 Å². The lowest BCUT2D eigenvalue weighted by Crippen LogP contribution is -2.65. The van der Waals surface area contributed by atoms with Crippen molar-refractivity contribution in [1.82, 2.24) is 0 Å². The summed E-state index contributed by atoms with van der Waals surface area (Å²) in [4.78, 5) is 14.5. The average Bonchev–Trinajstić information content (AvgIpc) is 3.27. The van der Waals surface area contributed by atoms with Crippen LogP contribution in [0.4, 0.5) is 0 Å². The molecule has 1 aromatic heterocycles. The van der Waals surface area contributed by atoms with Crippen molar-refractivity contribution in [3.05, 3.63) is 46.6 Å². The minimum absolute atomic E-state index is 0.0555. The maximum atomic E-state index is 14.5. The molecule has 0 amide bonds. The van der Waals surface area contributed by atoms with E-state index in [4.69, 9.17) is 42.3 Å². The second-order valence-corrected chi connectivity index (χ2v) is 15.7. The summed E-state index contributed by atoms with van der Waals surface area (Å²) in [5.74, 6) is -2.54. The summed E-state index contributed by atoms with van der Waals surface area (Å²) in [7, 11) is 0. The Morgan fingerprint density at radius 1 is 0.547 bits per heavy atom. The molecule has 25 nitrogen and oxygen atoms in total. The first kappa shape index (κ1) is 48.0. The summed E-state index contributed by atoms with van der Waals surface area (Å²) in [6.07, 6.45) is -35.5. The van der Waals surface area contributed by atoms with Crippen LogP contribution in [-0.4, -0.2) is 219 Å². The fourth-order valence-corrected chi connectivity index (χ4v) is 7.69. The summed E-state index contributed by atoms with van der Waals surface area (Å²) in [5.41, 5.74) is -1.46. The second-order valence-electron chi connectivity index (χ2n) is 15.7. The zero-order valence-corrected chi connectivity index (χ0v) is 33.4. The lowest BCUT2D eigenvalue weighted by atomic mass is 9.97. The largest absolute Gasteiger partial charge is 0.508 e. The molecule has 15 N–H and O–H groups in total. The number of phenols is 2. The molecule has 0 aliphatic carbocycles. The van der Waals surface area contributed by atoms with Gasteiger partial charge in [-0.15, -0.1) is 0 Å². The maximum absolute atomic E-state index is 14.5. The number of aromatic hydroxyl groups is 2. The Morgan fingerprint density at radius 3 is 1.53 bits per heavy atom. The fourth-order valence-electron chi connectivity index (χ4n) is 7.69. The zero-order chi connectivity index (χ0) is 46.5. The Bertz CT molecular complexity index is 2100. The number of ether oxygens (including phenoxy) is 8. The van der Waals surface area contributed by atoms with Gasteiger partial charge in [-0.05, 0) is 31.2 Å². The zero-order valence-electron chi connectivity index (χ0n) is 33.4. The van der Waals surface area contributed by atoms with Gasteiger partial charge in [-0.25, -0.2) is 0 Å². The SMILES string of the molecule is CC1OC(Oc2c(-c3ccc(O)cc3)oc3cc(OC4OC(CO)C(O)C(O)C4OC4OC(CO)C(O)C(O)C4O)cc(O)c3c2=O)C(OC2OC(CO)C(O)C(O)C2O)C(O)C1O. The molecule has 64 heavy (non-hydrogen) atoms. The lowest BCUT2D eigenvalue weighted by molar-refractivity contribution is -0.357. The van der Waals surface area contributed by atoms with Crippen LogP contribution in [0, 0.1) is 0 Å². The first-order chi connectivity index (χ1) is 30.4. The molecular weight excluding hydrogens is 868 g/mol. The molecular formula is C39H50O25. The summed E-state index contributed by atoms with van der Waals surface area (Å²) in [6, 6.07) is 6.99. The Morgan fingerprint density at radius 2 is 1.02 bits per heavy atom. The maximum Gasteiger partial charge on any atom is 0.239 e. The summed E-state index contributed by atoms with van der Waals surface area (Å²) < 4.78 is 51.8. The smallest absolute Gasteiger partial charge is 0.239 e. The summed E-state index contributed by atoms with van der Waals surface area (Å²) >= 11 is 0. The molecule has 4 fully saturated rings. The molecule has 356 valence electrons. The van der Waals surface area contributed by atoms with Crippen molar-refractivity contribution >= 4 is 11.0 Å². The van der Waals surface area contributed by atoms with Gasteiger partial charge in [0, 0.05) is 17.7 Å². The van der Waals surface area contributed by atoms with Crippen molar-refractivity contribution in [2.45, 2.75) is 130 Å². The molecule has 0 bridgehead atoms. The van der Waals surface area contributed by atoms with Gasteiger partial charge in [0.25, 0.3) is 0 Å². The van der Waals surface area contributed by atoms with E-state index in [0.717, 1.165) is 12.1 Å². The van der Waals surface area contributed by atoms with Crippen LogP contribution in [0.3, 0.4) is 0 Å². The van der Waals surface area contributed by atoms with Gasteiger partial charge < -0.3 is 119 Å². The van der Waals surface area contributed by atoms with Crippen LogP contribution in [0.25, 0.3) is 22.3 Å². The molecule has 0 radical (unpaired) electrons. The molecule has 0 spiro atoms. The molecule has 4 aliphatic rings. The minimum atomic E-state index is -1.98.